The van der Waals surface area contributed by atoms with Crippen LogP contribution in [0, 0.1) is 0 Å². The van der Waals surface area contributed by atoms with Crippen molar-refractivity contribution in [1.82, 2.24) is 10.6 Å². The fourth-order valence-electron chi connectivity index (χ4n) is 2.32. The molecule has 100 valence electrons. The van der Waals surface area contributed by atoms with Gasteiger partial charge in [0.15, 0.2) is 0 Å². The molecule has 0 saturated carbocycles. The van der Waals surface area contributed by atoms with Crippen LogP contribution in [-0.2, 0) is 4.79 Å². The van der Waals surface area contributed by atoms with Crippen molar-refractivity contribution in [1.29, 1.82) is 0 Å². The summed E-state index contributed by atoms with van der Waals surface area (Å²) in [5.41, 5.74) is 0. The lowest BCUT2D eigenvalue weighted by atomic mass is 10.1. The molecule has 1 unspecified atom stereocenters. The van der Waals surface area contributed by atoms with Crippen molar-refractivity contribution < 1.29 is 4.79 Å². The van der Waals surface area contributed by atoms with Crippen LogP contribution in [-0.4, -0.2) is 25.0 Å². The summed E-state index contributed by atoms with van der Waals surface area (Å²) in [6, 6.07) is 0.0631. The molecular formula is C14H28N2O. The highest BCUT2D eigenvalue weighted by Gasteiger charge is 2.18. The Kier molecular flexibility index (Phi) is 8.06. The van der Waals surface area contributed by atoms with Crippen molar-refractivity contribution in [2.24, 2.45) is 0 Å². The average Bonchev–Trinajstić information content (AvgIpc) is 2.53. The quantitative estimate of drug-likeness (QED) is 0.640. The van der Waals surface area contributed by atoms with Gasteiger partial charge in [0.2, 0.25) is 5.91 Å². The van der Waals surface area contributed by atoms with Crippen molar-refractivity contribution in [2.75, 3.05) is 13.1 Å². The third-order valence-corrected chi connectivity index (χ3v) is 3.46. The van der Waals surface area contributed by atoms with Crippen LogP contribution in [0.5, 0.6) is 0 Å². The van der Waals surface area contributed by atoms with Gasteiger partial charge in [-0.3, -0.25) is 4.79 Å². The van der Waals surface area contributed by atoms with E-state index in [1.54, 1.807) is 0 Å². The molecule has 0 bridgehead atoms. The van der Waals surface area contributed by atoms with Gasteiger partial charge in [-0.2, -0.15) is 0 Å². The zero-order valence-electron chi connectivity index (χ0n) is 11.3. The van der Waals surface area contributed by atoms with Gasteiger partial charge in [-0.1, -0.05) is 39.0 Å². The number of nitrogens with one attached hydrogen (secondary N) is 2. The van der Waals surface area contributed by atoms with E-state index in [2.05, 4.69) is 17.6 Å². The molecule has 0 aromatic heterocycles. The third kappa shape index (κ3) is 6.67. The standard InChI is InChI=1S/C14H28N2O/c1-2-3-4-5-6-8-11-15-13-10-7-9-12-16-14(13)17/h13,15H,2-12H2,1H3,(H,16,17). The maximum Gasteiger partial charge on any atom is 0.237 e. The molecule has 17 heavy (non-hydrogen) atoms. The van der Waals surface area contributed by atoms with Crippen molar-refractivity contribution in [3.63, 3.8) is 0 Å². The predicted octanol–water partition coefficient (Wildman–Crippen LogP) is 2.61. The van der Waals surface area contributed by atoms with Crippen LogP contribution in [0.1, 0.15) is 64.7 Å². The van der Waals surface area contributed by atoms with Crippen molar-refractivity contribution in [3.8, 4) is 0 Å². The van der Waals surface area contributed by atoms with Gasteiger partial charge in [0.25, 0.3) is 0 Å². The molecule has 1 aliphatic heterocycles. The van der Waals surface area contributed by atoms with E-state index in [0.29, 0.717) is 0 Å². The Labute approximate surface area is 106 Å². The Hall–Kier alpha value is -0.570. The first-order valence-corrected chi connectivity index (χ1v) is 7.35. The van der Waals surface area contributed by atoms with Crippen LogP contribution < -0.4 is 10.6 Å². The summed E-state index contributed by atoms with van der Waals surface area (Å²) in [6.07, 6.45) is 11.1. The van der Waals surface area contributed by atoms with Crippen LogP contribution in [0.15, 0.2) is 0 Å². The number of hydrogen-bond acceptors (Lipinski definition) is 2. The molecule has 1 amide bonds. The number of hydrogen-bond donors (Lipinski definition) is 2. The maximum atomic E-state index is 11.6. The smallest absolute Gasteiger partial charge is 0.237 e. The number of carbonyl (C=O) groups is 1. The second kappa shape index (κ2) is 9.46. The van der Waals surface area contributed by atoms with E-state index in [1.807, 2.05) is 0 Å². The molecule has 1 rings (SSSR count). The molecule has 3 heteroatoms. The molecule has 0 radical (unpaired) electrons. The van der Waals surface area contributed by atoms with Crippen LogP contribution in [0.3, 0.4) is 0 Å². The first-order chi connectivity index (χ1) is 8.34. The molecule has 0 aromatic carbocycles. The van der Waals surface area contributed by atoms with Gasteiger partial charge < -0.3 is 10.6 Å². The highest BCUT2D eigenvalue weighted by atomic mass is 16.2. The highest BCUT2D eigenvalue weighted by Crippen LogP contribution is 2.07. The SMILES string of the molecule is CCCCCCCCNC1CCCCNC1=O. The molecule has 0 aliphatic carbocycles. The van der Waals surface area contributed by atoms with Gasteiger partial charge in [-0.15, -0.1) is 0 Å². The van der Waals surface area contributed by atoms with Gasteiger partial charge in [-0.05, 0) is 32.2 Å². The summed E-state index contributed by atoms with van der Waals surface area (Å²) in [5, 5.41) is 6.35. The van der Waals surface area contributed by atoms with Gasteiger partial charge in [0, 0.05) is 6.54 Å². The molecule has 1 atom stereocenters. The monoisotopic (exact) mass is 240 g/mol. The van der Waals surface area contributed by atoms with E-state index < -0.39 is 0 Å². The molecule has 1 aliphatic rings. The fourth-order valence-corrected chi connectivity index (χ4v) is 2.32. The Morgan fingerprint density at radius 3 is 2.76 bits per heavy atom. The van der Waals surface area contributed by atoms with E-state index in [1.165, 1.54) is 38.5 Å². The van der Waals surface area contributed by atoms with Crippen LogP contribution in [0.25, 0.3) is 0 Å². The molecule has 2 N–H and O–H groups in total. The molecule has 0 spiro atoms. The first-order valence-electron chi connectivity index (χ1n) is 7.35. The molecule has 3 nitrogen and oxygen atoms in total. The van der Waals surface area contributed by atoms with E-state index in [9.17, 15) is 4.79 Å². The van der Waals surface area contributed by atoms with Gasteiger partial charge in [0.1, 0.15) is 0 Å². The van der Waals surface area contributed by atoms with Crippen molar-refractivity contribution >= 4 is 5.91 Å². The van der Waals surface area contributed by atoms with Crippen LogP contribution in [0.4, 0.5) is 0 Å². The number of unbranched alkanes of at least 4 members (excludes halogenated alkanes) is 5. The third-order valence-electron chi connectivity index (χ3n) is 3.46. The maximum absolute atomic E-state index is 11.6. The van der Waals surface area contributed by atoms with Gasteiger partial charge >= 0.3 is 0 Å². The van der Waals surface area contributed by atoms with E-state index in [4.69, 9.17) is 0 Å². The zero-order chi connectivity index (χ0) is 12.3. The largest absolute Gasteiger partial charge is 0.355 e. The molecule has 1 heterocycles. The van der Waals surface area contributed by atoms with E-state index in [0.717, 1.165) is 32.4 Å². The summed E-state index contributed by atoms with van der Waals surface area (Å²) >= 11 is 0. The second-order valence-electron chi connectivity index (χ2n) is 5.06. The lowest BCUT2D eigenvalue weighted by molar-refractivity contribution is -0.122. The Bertz CT molecular complexity index is 206. The average molecular weight is 240 g/mol. The van der Waals surface area contributed by atoms with Gasteiger partial charge in [0.05, 0.1) is 6.04 Å². The van der Waals surface area contributed by atoms with Crippen molar-refractivity contribution in [3.05, 3.63) is 0 Å². The minimum atomic E-state index is 0.0631. The molecule has 1 saturated heterocycles. The Morgan fingerprint density at radius 1 is 1.18 bits per heavy atom. The lowest BCUT2D eigenvalue weighted by Crippen LogP contribution is -2.43. The molecular weight excluding hydrogens is 212 g/mol. The summed E-state index contributed by atoms with van der Waals surface area (Å²) in [4.78, 5) is 11.6. The predicted molar refractivity (Wildman–Crippen MR) is 72.0 cm³/mol. The van der Waals surface area contributed by atoms with Crippen LogP contribution in [0.2, 0.25) is 0 Å². The lowest BCUT2D eigenvalue weighted by Gasteiger charge is -2.14. The fraction of sp³-hybridized carbons (Fsp3) is 0.929. The topological polar surface area (TPSA) is 41.1 Å². The summed E-state index contributed by atoms with van der Waals surface area (Å²) in [5.74, 6) is 0.202. The minimum absolute atomic E-state index is 0.0631. The Morgan fingerprint density at radius 2 is 1.94 bits per heavy atom. The summed E-state index contributed by atoms with van der Waals surface area (Å²) < 4.78 is 0. The molecule has 1 fully saturated rings. The minimum Gasteiger partial charge on any atom is -0.355 e. The zero-order valence-corrected chi connectivity index (χ0v) is 11.3. The second-order valence-corrected chi connectivity index (χ2v) is 5.06. The molecule has 0 aromatic rings. The number of rotatable bonds is 8. The Balaban J connectivity index is 1.99. The first kappa shape index (κ1) is 14.5. The van der Waals surface area contributed by atoms with E-state index in [-0.39, 0.29) is 11.9 Å². The highest BCUT2D eigenvalue weighted by molar-refractivity contribution is 5.81. The number of carbonyl (C=O) groups excluding carboxylic acids is 1. The normalized spacial score (nSPS) is 21.0. The van der Waals surface area contributed by atoms with Crippen LogP contribution >= 0.6 is 0 Å². The summed E-state index contributed by atoms with van der Waals surface area (Å²) in [7, 11) is 0. The van der Waals surface area contributed by atoms with Gasteiger partial charge in [-0.25, -0.2) is 0 Å². The van der Waals surface area contributed by atoms with Crippen molar-refractivity contribution in [2.45, 2.75) is 70.8 Å². The van der Waals surface area contributed by atoms with E-state index >= 15 is 0 Å². The summed E-state index contributed by atoms with van der Waals surface area (Å²) in [6.45, 7) is 4.09. The number of amides is 1.